The SMILES string of the molecule is COc1ccc(C(=O)O)c(NC(=O)C(C)(C)NC(=O)OCC2c3ccccc3-c3ccccc32)c1. The molecule has 0 radical (unpaired) electrons. The van der Waals surface area contributed by atoms with Gasteiger partial charge in [-0.25, -0.2) is 9.59 Å². The Hall–Kier alpha value is -4.33. The van der Waals surface area contributed by atoms with Gasteiger partial charge < -0.3 is 25.2 Å². The van der Waals surface area contributed by atoms with Crippen molar-refractivity contribution in [2.75, 3.05) is 19.0 Å². The molecule has 0 spiro atoms. The van der Waals surface area contributed by atoms with Crippen LogP contribution in [0, 0.1) is 0 Å². The Labute approximate surface area is 202 Å². The van der Waals surface area contributed by atoms with Gasteiger partial charge in [-0.3, -0.25) is 4.79 Å². The Balaban J connectivity index is 1.43. The predicted molar refractivity (Wildman–Crippen MR) is 131 cm³/mol. The van der Waals surface area contributed by atoms with Crippen molar-refractivity contribution in [2.24, 2.45) is 0 Å². The first-order chi connectivity index (χ1) is 16.7. The van der Waals surface area contributed by atoms with Gasteiger partial charge in [-0.2, -0.15) is 0 Å². The zero-order chi connectivity index (χ0) is 25.2. The highest BCUT2D eigenvalue weighted by Gasteiger charge is 2.33. The summed E-state index contributed by atoms with van der Waals surface area (Å²) < 4.78 is 10.6. The van der Waals surface area contributed by atoms with Crippen LogP contribution in [-0.2, 0) is 9.53 Å². The number of alkyl carbamates (subject to hydrolysis) is 1. The number of aromatic carboxylic acids is 1. The summed E-state index contributed by atoms with van der Waals surface area (Å²) in [5.74, 6) is -1.54. The molecule has 0 unspecified atom stereocenters. The van der Waals surface area contributed by atoms with Crippen molar-refractivity contribution < 1.29 is 29.0 Å². The van der Waals surface area contributed by atoms with E-state index in [9.17, 15) is 19.5 Å². The van der Waals surface area contributed by atoms with Crippen LogP contribution in [0.3, 0.4) is 0 Å². The van der Waals surface area contributed by atoms with E-state index >= 15 is 0 Å². The number of hydrogen-bond donors (Lipinski definition) is 3. The number of benzene rings is 3. The van der Waals surface area contributed by atoms with Crippen LogP contribution in [-0.4, -0.2) is 42.3 Å². The summed E-state index contributed by atoms with van der Waals surface area (Å²) in [4.78, 5) is 37.1. The molecule has 0 fully saturated rings. The van der Waals surface area contributed by atoms with Crippen molar-refractivity contribution in [1.82, 2.24) is 5.32 Å². The first kappa shape index (κ1) is 23.8. The maximum Gasteiger partial charge on any atom is 0.408 e. The van der Waals surface area contributed by atoms with Gasteiger partial charge in [0.15, 0.2) is 0 Å². The number of carboxylic acids is 1. The van der Waals surface area contributed by atoms with Crippen LogP contribution in [0.5, 0.6) is 5.75 Å². The van der Waals surface area contributed by atoms with Crippen LogP contribution in [0.1, 0.15) is 41.3 Å². The number of rotatable bonds is 7. The van der Waals surface area contributed by atoms with Gasteiger partial charge in [-0.05, 0) is 48.2 Å². The maximum atomic E-state index is 12.9. The monoisotopic (exact) mass is 474 g/mol. The largest absolute Gasteiger partial charge is 0.497 e. The number of carbonyl (C=O) groups excluding carboxylic acids is 2. The lowest BCUT2D eigenvalue weighted by Crippen LogP contribution is -2.52. The highest BCUT2D eigenvalue weighted by atomic mass is 16.5. The van der Waals surface area contributed by atoms with Gasteiger partial charge in [0.1, 0.15) is 17.9 Å². The van der Waals surface area contributed by atoms with Crippen LogP contribution in [0.15, 0.2) is 66.7 Å². The fraction of sp³-hybridized carbons (Fsp3) is 0.222. The predicted octanol–water partition coefficient (Wildman–Crippen LogP) is 4.65. The normalized spacial score (nSPS) is 12.3. The van der Waals surface area contributed by atoms with Crippen LogP contribution < -0.4 is 15.4 Å². The van der Waals surface area contributed by atoms with Gasteiger partial charge in [-0.1, -0.05) is 48.5 Å². The molecule has 8 nitrogen and oxygen atoms in total. The van der Waals surface area contributed by atoms with E-state index in [0.29, 0.717) is 5.75 Å². The van der Waals surface area contributed by atoms with Crippen molar-refractivity contribution in [2.45, 2.75) is 25.3 Å². The average molecular weight is 475 g/mol. The van der Waals surface area contributed by atoms with E-state index in [0.717, 1.165) is 22.3 Å². The van der Waals surface area contributed by atoms with E-state index in [1.54, 1.807) is 0 Å². The van der Waals surface area contributed by atoms with Gasteiger partial charge in [-0.15, -0.1) is 0 Å². The lowest BCUT2D eigenvalue weighted by Gasteiger charge is -2.25. The molecule has 180 valence electrons. The molecule has 4 rings (SSSR count). The quantitative estimate of drug-likeness (QED) is 0.459. The van der Waals surface area contributed by atoms with E-state index in [1.807, 2.05) is 48.5 Å². The van der Waals surface area contributed by atoms with Crippen LogP contribution in [0.4, 0.5) is 10.5 Å². The maximum absolute atomic E-state index is 12.9. The first-order valence-corrected chi connectivity index (χ1v) is 11.1. The lowest BCUT2D eigenvalue weighted by molar-refractivity contribution is -0.121. The second kappa shape index (κ2) is 9.50. The fourth-order valence-electron chi connectivity index (χ4n) is 4.17. The molecule has 0 atom stereocenters. The van der Waals surface area contributed by atoms with E-state index in [1.165, 1.54) is 39.2 Å². The molecule has 1 aliphatic carbocycles. The zero-order valence-electron chi connectivity index (χ0n) is 19.6. The topological polar surface area (TPSA) is 114 Å². The van der Waals surface area contributed by atoms with Crippen molar-refractivity contribution in [3.05, 3.63) is 83.4 Å². The van der Waals surface area contributed by atoms with Crippen molar-refractivity contribution >= 4 is 23.7 Å². The Morgan fingerprint density at radius 1 is 0.943 bits per heavy atom. The summed E-state index contributed by atoms with van der Waals surface area (Å²) in [6.45, 7) is 3.12. The van der Waals surface area contributed by atoms with Crippen molar-refractivity contribution in [3.63, 3.8) is 0 Å². The minimum absolute atomic E-state index is 0.0595. The van der Waals surface area contributed by atoms with E-state index < -0.39 is 23.5 Å². The molecule has 35 heavy (non-hydrogen) atoms. The van der Waals surface area contributed by atoms with Crippen molar-refractivity contribution in [1.29, 1.82) is 0 Å². The number of methoxy groups -OCH3 is 1. The fourth-order valence-corrected chi connectivity index (χ4v) is 4.17. The minimum atomic E-state index is -1.39. The smallest absolute Gasteiger partial charge is 0.408 e. The summed E-state index contributed by atoms with van der Waals surface area (Å²) in [6, 6.07) is 20.2. The van der Waals surface area contributed by atoms with Crippen LogP contribution >= 0.6 is 0 Å². The molecule has 1 aliphatic rings. The van der Waals surface area contributed by atoms with Gasteiger partial charge in [0.25, 0.3) is 0 Å². The summed E-state index contributed by atoms with van der Waals surface area (Å²) >= 11 is 0. The molecule has 0 saturated carbocycles. The number of carbonyl (C=O) groups is 3. The molecule has 3 aromatic rings. The molecule has 3 aromatic carbocycles. The Kier molecular flexibility index (Phi) is 6.46. The Bertz CT molecular complexity index is 1250. The van der Waals surface area contributed by atoms with E-state index in [4.69, 9.17) is 9.47 Å². The zero-order valence-corrected chi connectivity index (χ0v) is 19.6. The first-order valence-electron chi connectivity index (χ1n) is 11.1. The third kappa shape index (κ3) is 4.82. The summed E-state index contributed by atoms with van der Waals surface area (Å²) in [5, 5.41) is 14.6. The summed E-state index contributed by atoms with van der Waals surface area (Å²) in [6.07, 6.45) is -0.754. The van der Waals surface area contributed by atoms with E-state index in [-0.39, 0.29) is 23.8 Å². The molecule has 3 N–H and O–H groups in total. The van der Waals surface area contributed by atoms with E-state index in [2.05, 4.69) is 10.6 Å². The average Bonchev–Trinajstić information content (AvgIpc) is 3.16. The second-order valence-electron chi connectivity index (χ2n) is 8.75. The molecule has 0 aliphatic heterocycles. The number of anilines is 1. The highest BCUT2D eigenvalue weighted by Crippen LogP contribution is 2.44. The van der Waals surface area contributed by atoms with Gasteiger partial charge >= 0.3 is 12.1 Å². The molecule has 0 bridgehead atoms. The molecular formula is C27H26N2O6. The number of ether oxygens (including phenoxy) is 2. The highest BCUT2D eigenvalue weighted by molar-refractivity contribution is 6.04. The number of amides is 2. The lowest BCUT2D eigenvalue weighted by atomic mass is 9.98. The molecular weight excluding hydrogens is 448 g/mol. The molecule has 8 heteroatoms. The minimum Gasteiger partial charge on any atom is -0.497 e. The molecule has 0 heterocycles. The number of fused-ring (bicyclic) bond motifs is 3. The second-order valence-corrected chi connectivity index (χ2v) is 8.75. The summed E-state index contributed by atoms with van der Waals surface area (Å²) in [7, 11) is 1.43. The standard InChI is InChI=1S/C27H26N2O6/c1-27(2,25(32)28-23-14-16(34-3)12-13-21(23)24(30)31)29-26(33)35-15-22-19-10-6-4-8-17(19)18-9-5-7-11-20(18)22/h4-14,22H,15H2,1-3H3,(H,28,32)(H,29,33)(H,30,31). The van der Waals surface area contributed by atoms with Crippen LogP contribution in [0.2, 0.25) is 0 Å². The number of hydrogen-bond acceptors (Lipinski definition) is 5. The summed E-state index contributed by atoms with van der Waals surface area (Å²) in [5.41, 5.74) is 2.96. The Morgan fingerprint density at radius 3 is 2.11 bits per heavy atom. The third-order valence-corrected chi connectivity index (χ3v) is 6.03. The molecule has 2 amide bonds. The molecule has 0 saturated heterocycles. The van der Waals surface area contributed by atoms with Gasteiger partial charge in [0, 0.05) is 12.0 Å². The number of nitrogens with one attached hydrogen (secondary N) is 2. The molecule has 0 aromatic heterocycles. The third-order valence-electron chi connectivity index (χ3n) is 6.03. The van der Waals surface area contributed by atoms with Gasteiger partial charge in [0.05, 0.1) is 18.4 Å². The van der Waals surface area contributed by atoms with Crippen LogP contribution in [0.25, 0.3) is 11.1 Å². The van der Waals surface area contributed by atoms with Gasteiger partial charge in [0.2, 0.25) is 5.91 Å². The van der Waals surface area contributed by atoms with Crippen molar-refractivity contribution in [3.8, 4) is 16.9 Å². The number of carboxylic acid groups (broad SMARTS) is 1. The Morgan fingerprint density at radius 2 is 1.54 bits per heavy atom.